The summed E-state index contributed by atoms with van der Waals surface area (Å²) in [6.45, 7) is 2.42. The molecule has 2 aromatic rings. The minimum atomic E-state index is -0.912. The fraction of sp³-hybridized carbons (Fsp3) is 0.333. The lowest BCUT2D eigenvalue weighted by Crippen LogP contribution is -2.31. The van der Waals surface area contributed by atoms with Crippen molar-refractivity contribution in [2.24, 2.45) is 7.05 Å². The maximum Gasteiger partial charge on any atom is 0.339 e. The Bertz CT molecular complexity index is 648. The highest BCUT2D eigenvalue weighted by molar-refractivity contribution is 5.88. The number of aromatic nitrogens is 2. The summed E-state index contributed by atoms with van der Waals surface area (Å²) in [5, 5.41) is 13.3. The summed E-state index contributed by atoms with van der Waals surface area (Å²) in [6.07, 6.45) is 2.44. The number of rotatable bonds is 3. The minimum absolute atomic E-state index is 0.298. The molecule has 0 radical (unpaired) electrons. The zero-order valence-electron chi connectivity index (χ0n) is 11.4. The van der Waals surface area contributed by atoms with Gasteiger partial charge < -0.3 is 5.11 Å². The summed E-state index contributed by atoms with van der Waals surface area (Å²) in [6, 6.07) is 8.43. The number of hydrogen-bond acceptors (Lipinski definition) is 3. The van der Waals surface area contributed by atoms with E-state index in [4.69, 9.17) is 0 Å². The second-order valence-electron chi connectivity index (χ2n) is 5.16. The Morgan fingerprint density at radius 1 is 1.35 bits per heavy atom. The van der Waals surface area contributed by atoms with E-state index < -0.39 is 5.97 Å². The van der Waals surface area contributed by atoms with Crippen LogP contribution >= 0.6 is 0 Å². The van der Waals surface area contributed by atoms with Crippen molar-refractivity contribution in [3.63, 3.8) is 0 Å². The molecule has 1 aromatic heterocycles. The molecule has 0 bridgehead atoms. The number of aromatic carboxylic acids is 1. The lowest BCUT2D eigenvalue weighted by Gasteiger charge is -2.28. The molecule has 20 heavy (non-hydrogen) atoms. The van der Waals surface area contributed by atoms with Gasteiger partial charge in [0.25, 0.3) is 0 Å². The molecule has 0 atom stereocenters. The maximum atomic E-state index is 11.2. The second-order valence-corrected chi connectivity index (χ2v) is 5.16. The fourth-order valence-corrected chi connectivity index (χ4v) is 2.73. The smallest absolute Gasteiger partial charge is 0.339 e. The topological polar surface area (TPSA) is 58.4 Å². The van der Waals surface area contributed by atoms with Crippen molar-refractivity contribution in [2.75, 3.05) is 6.54 Å². The number of carboxylic acids is 1. The van der Waals surface area contributed by atoms with Crippen LogP contribution in [0.2, 0.25) is 0 Å². The Hall–Kier alpha value is -2.14. The highest BCUT2D eigenvalue weighted by atomic mass is 16.4. The number of carbonyl (C=O) groups is 1. The Balaban J connectivity index is 1.80. The molecule has 0 aliphatic carbocycles. The molecule has 5 nitrogen and oxygen atoms in total. The quantitative estimate of drug-likeness (QED) is 0.922. The molecule has 1 aromatic carbocycles. The van der Waals surface area contributed by atoms with Crippen LogP contribution in [0, 0.1) is 0 Å². The third-order valence-corrected chi connectivity index (χ3v) is 3.88. The van der Waals surface area contributed by atoms with Gasteiger partial charge in [0.2, 0.25) is 0 Å². The van der Waals surface area contributed by atoms with Crippen LogP contribution in [0.25, 0.3) is 0 Å². The molecular formula is C15H17N3O2. The van der Waals surface area contributed by atoms with Gasteiger partial charge in [0.05, 0.1) is 11.9 Å². The van der Waals surface area contributed by atoms with Crippen LogP contribution in [0.15, 0.2) is 30.5 Å². The van der Waals surface area contributed by atoms with Crippen molar-refractivity contribution in [3.8, 4) is 0 Å². The molecule has 5 heteroatoms. The monoisotopic (exact) mass is 271 g/mol. The van der Waals surface area contributed by atoms with Crippen molar-refractivity contribution in [1.29, 1.82) is 0 Å². The second kappa shape index (κ2) is 5.09. The predicted molar refractivity (Wildman–Crippen MR) is 74.4 cm³/mol. The Morgan fingerprint density at radius 3 is 2.85 bits per heavy atom. The van der Waals surface area contributed by atoms with Gasteiger partial charge in [-0.15, -0.1) is 0 Å². The zero-order chi connectivity index (χ0) is 14.1. The van der Waals surface area contributed by atoms with Gasteiger partial charge in [-0.2, -0.15) is 5.10 Å². The van der Waals surface area contributed by atoms with Gasteiger partial charge in [-0.1, -0.05) is 24.3 Å². The van der Waals surface area contributed by atoms with E-state index in [-0.39, 0.29) is 0 Å². The third kappa shape index (κ3) is 2.32. The first-order chi connectivity index (χ1) is 9.65. The number of hydrogen-bond donors (Lipinski definition) is 1. The molecule has 2 heterocycles. The SMILES string of the molecule is Cn1ncc(C(=O)O)c1CN1CCc2ccccc2C1. The summed E-state index contributed by atoms with van der Waals surface area (Å²) in [5.74, 6) is -0.912. The molecular weight excluding hydrogens is 254 g/mol. The van der Waals surface area contributed by atoms with Crippen molar-refractivity contribution in [2.45, 2.75) is 19.5 Å². The first kappa shape index (κ1) is 12.9. The Kier molecular flexibility index (Phi) is 3.28. The minimum Gasteiger partial charge on any atom is -0.478 e. The van der Waals surface area contributed by atoms with Gasteiger partial charge in [0.1, 0.15) is 5.56 Å². The van der Waals surface area contributed by atoms with E-state index in [9.17, 15) is 9.90 Å². The van der Waals surface area contributed by atoms with E-state index in [2.05, 4.69) is 34.3 Å². The first-order valence-electron chi connectivity index (χ1n) is 6.68. The predicted octanol–water partition coefficient (Wildman–Crippen LogP) is 1.68. The summed E-state index contributed by atoms with van der Waals surface area (Å²) in [4.78, 5) is 13.5. The molecule has 1 N–H and O–H groups in total. The van der Waals surface area contributed by atoms with E-state index in [1.54, 1.807) is 11.7 Å². The van der Waals surface area contributed by atoms with Crippen LogP contribution in [0.5, 0.6) is 0 Å². The van der Waals surface area contributed by atoms with Crippen molar-refractivity contribution in [1.82, 2.24) is 14.7 Å². The van der Waals surface area contributed by atoms with Gasteiger partial charge in [0, 0.05) is 26.7 Å². The summed E-state index contributed by atoms with van der Waals surface area (Å²) in [7, 11) is 1.79. The average Bonchev–Trinajstić information content (AvgIpc) is 2.80. The van der Waals surface area contributed by atoms with Crippen LogP contribution in [0.1, 0.15) is 27.2 Å². The van der Waals surface area contributed by atoms with Crippen LogP contribution in [-0.2, 0) is 26.6 Å². The molecule has 0 spiro atoms. The Morgan fingerprint density at radius 2 is 2.10 bits per heavy atom. The van der Waals surface area contributed by atoms with Gasteiger partial charge in [0.15, 0.2) is 0 Å². The third-order valence-electron chi connectivity index (χ3n) is 3.88. The normalized spacial score (nSPS) is 15.1. The molecule has 0 unspecified atom stereocenters. The summed E-state index contributed by atoms with van der Waals surface area (Å²) in [5.41, 5.74) is 3.79. The lowest BCUT2D eigenvalue weighted by molar-refractivity contribution is 0.0694. The zero-order valence-corrected chi connectivity index (χ0v) is 11.4. The van der Waals surface area contributed by atoms with Crippen molar-refractivity contribution < 1.29 is 9.90 Å². The van der Waals surface area contributed by atoms with Gasteiger partial charge in [-0.3, -0.25) is 9.58 Å². The van der Waals surface area contributed by atoms with Crippen LogP contribution in [-0.4, -0.2) is 32.3 Å². The van der Waals surface area contributed by atoms with Crippen LogP contribution < -0.4 is 0 Å². The Labute approximate surface area is 117 Å². The molecule has 1 aliphatic rings. The molecule has 104 valence electrons. The summed E-state index contributed by atoms with van der Waals surface area (Å²) >= 11 is 0. The highest BCUT2D eigenvalue weighted by Crippen LogP contribution is 2.21. The van der Waals surface area contributed by atoms with Crippen molar-refractivity contribution >= 4 is 5.97 Å². The van der Waals surface area contributed by atoms with Crippen molar-refractivity contribution in [3.05, 3.63) is 52.8 Å². The van der Waals surface area contributed by atoms with E-state index in [1.807, 2.05) is 0 Å². The molecule has 0 fully saturated rings. The first-order valence-corrected chi connectivity index (χ1v) is 6.68. The number of fused-ring (bicyclic) bond motifs is 1. The van der Waals surface area contributed by atoms with Gasteiger partial charge in [-0.05, 0) is 17.5 Å². The van der Waals surface area contributed by atoms with E-state index in [0.717, 1.165) is 25.2 Å². The number of nitrogens with zero attached hydrogens (tertiary/aromatic N) is 3. The van der Waals surface area contributed by atoms with Gasteiger partial charge >= 0.3 is 5.97 Å². The number of carboxylic acid groups (broad SMARTS) is 1. The maximum absolute atomic E-state index is 11.2. The van der Waals surface area contributed by atoms with Crippen LogP contribution in [0.3, 0.4) is 0 Å². The standard InChI is InChI=1S/C15H17N3O2/c1-17-14(13(8-16-17)15(19)20)10-18-7-6-11-4-2-3-5-12(11)9-18/h2-5,8H,6-7,9-10H2,1H3,(H,19,20). The van der Waals surface area contributed by atoms with E-state index in [1.165, 1.54) is 17.3 Å². The lowest BCUT2D eigenvalue weighted by atomic mass is 10.00. The fourth-order valence-electron chi connectivity index (χ4n) is 2.73. The summed E-state index contributed by atoms with van der Waals surface area (Å²) < 4.78 is 1.66. The van der Waals surface area contributed by atoms with E-state index >= 15 is 0 Å². The highest BCUT2D eigenvalue weighted by Gasteiger charge is 2.21. The molecule has 0 saturated heterocycles. The molecule has 0 amide bonds. The number of benzene rings is 1. The van der Waals surface area contributed by atoms with E-state index in [0.29, 0.717) is 12.1 Å². The van der Waals surface area contributed by atoms with Crippen LogP contribution in [0.4, 0.5) is 0 Å². The largest absolute Gasteiger partial charge is 0.478 e. The molecule has 1 aliphatic heterocycles. The molecule has 0 saturated carbocycles. The average molecular weight is 271 g/mol. The molecule has 3 rings (SSSR count). The number of aryl methyl sites for hydroxylation is 1. The van der Waals surface area contributed by atoms with Gasteiger partial charge in [-0.25, -0.2) is 4.79 Å².